The predicted molar refractivity (Wildman–Crippen MR) is 125 cm³/mol. The van der Waals surface area contributed by atoms with Crippen LogP contribution in [0.3, 0.4) is 0 Å². The number of aromatic nitrogens is 1. The molecule has 6 N–H and O–H groups in total. The van der Waals surface area contributed by atoms with Gasteiger partial charge in [0.1, 0.15) is 27.8 Å². The molecular weight excluding hydrogens is 474 g/mol. The second-order valence-corrected chi connectivity index (χ2v) is 10.2. The molecule has 182 valence electrons. The Labute approximate surface area is 203 Å². The highest BCUT2D eigenvalue weighted by atomic mass is 32.1. The van der Waals surface area contributed by atoms with Crippen molar-refractivity contribution in [3.8, 4) is 16.3 Å². The Morgan fingerprint density at radius 2 is 1.94 bits per heavy atom. The number of phenols is 1. The summed E-state index contributed by atoms with van der Waals surface area (Å²) in [5.41, 5.74) is 3.00. The monoisotopic (exact) mass is 497 g/mol. The molecule has 11 heteroatoms. The van der Waals surface area contributed by atoms with Crippen molar-refractivity contribution in [1.82, 2.24) is 9.88 Å². The molecule has 1 amide bonds. The Morgan fingerprint density at radius 1 is 1.23 bits per heavy atom. The lowest BCUT2D eigenvalue weighted by Crippen LogP contribution is -2.65. The lowest BCUT2D eigenvalue weighted by atomic mass is 9.57. The molecule has 3 aliphatic carbocycles. The van der Waals surface area contributed by atoms with Crippen LogP contribution < -0.4 is 5.73 Å². The maximum atomic E-state index is 13.8. The topological polar surface area (TPSA) is 174 Å². The number of benzene rings is 1. The molecular formula is C24H23N3O7S. The van der Waals surface area contributed by atoms with Crippen molar-refractivity contribution in [3.63, 3.8) is 0 Å². The van der Waals surface area contributed by atoms with Crippen LogP contribution in [0.4, 0.5) is 0 Å². The highest BCUT2D eigenvalue weighted by Gasteiger charge is 2.64. The molecule has 0 saturated heterocycles. The molecule has 1 aromatic carbocycles. The van der Waals surface area contributed by atoms with E-state index < -0.39 is 58.0 Å². The molecule has 0 aliphatic heterocycles. The van der Waals surface area contributed by atoms with Crippen molar-refractivity contribution in [2.45, 2.75) is 24.5 Å². The van der Waals surface area contributed by atoms with Gasteiger partial charge in [-0.3, -0.25) is 19.3 Å². The maximum Gasteiger partial charge on any atom is 0.255 e. The number of aliphatic hydroxyl groups excluding tert-OH is 2. The molecule has 10 nitrogen and oxygen atoms in total. The zero-order valence-corrected chi connectivity index (χ0v) is 19.7. The van der Waals surface area contributed by atoms with Crippen LogP contribution in [0.25, 0.3) is 16.3 Å². The fourth-order valence-electron chi connectivity index (χ4n) is 5.80. The van der Waals surface area contributed by atoms with Gasteiger partial charge >= 0.3 is 0 Å². The maximum absolute atomic E-state index is 13.8. The summed E-state index contributed by atoms with van der Waals surface area (Å²) < 4.78 is 0. The van der Waals surface area contributed by atoms with Crippen LogP contribution >= 0.6 is 11.3 Å². The number of rotatable bonds is 3. The molecule has 1 heterocycles. The first kappa shape index (κ1) is 23.2. The van der Waals surface area contributed by atoms with E-state index in [0.29, 0.717) is 16.1 Å². The van der Waals surface area contributed by atoms with Gasteiger partial charge in [-0.05, 0) is 50.6 Å². The smallest absolute Gasteiger partial charge is 0.255 e. The van der Waals surface area contributed by atoms with Gasteiger partial charge in [0.25, 0.3) is 5.91 Å². The molecule has 2 unspecified atom stereocenters. The Balaban J connectivity index is 1.75. The first-order valence-corrected chi connectivity index (χ1v) is 11.8. The number of carbonyl (C=O) groups excluding carboxylic acids is 3. The Morgan fingerprint density at radius 3 is 2.54 bits per heavy atom. The number of nitrogens with two attached hydrogens (primary N) is 1. The standard InChI is InChI=1S/C24H23N3O7S/c1-27(2)17-12-8-9-7-11-10(23-26-5-6-35-23)3-4-13(28)15(11)18(29)14(9)20(31)24(12,34)21(32)16(19(17)30)22(25)33/h3-6,9,12,17,28-29,32,34H,7-8H2,1-2H3,(H2,25,33)/t9?,12?,17-,24-/m0/s1. The molecule has 1 aromatic heterocycles. The average Bonchev–Trinajstić information content (AvgIpc) is 3.30. The van der Waals surface area contributed by atoms with E-state index in [1.54, 1.807) is 31.7 Å². The quantitative estimate of drug-likeness (QED) is 0.389. The Hall–Kier alpha value is -3.54. The molecule has 4 atom stereocenters. The number of carbonyl (C=O) groups is 3. The molecule has 0 radical (unpaired) electrons. The summed E-state index contributed by atoms with van der Waals surface area (Å²) in [5, 5.41) is 46.7. The third kappa shape index (κ3) is 3.01. The van der Waals surface area contributed by atoms with Gasteiger partial charge in [0.2, 0.25) is 5.78 Å². The number of thiazole rings is 1. The van der Waals surface area contributed by atoms with E-state index >= 15 is 0 Å². The summed E-state index contributed by atoms with van der Waals surface area (Å²) in [4.78, 5) is 44.7. The van der Waals surface area contributed by atoms with E-state index in [1.165, 1.54) is 22.3 Å². The third-order valence-electron chi connectivity index (χ3n) is 7.27. The minimum absolute atomic E-state index is 0.0404. The third-order valence-corrected chi connectivity index (χ3v) is 8.07. The van der Waals surface area contributed by atoms with Gasteiger partial charge < -0.3 is 26.2 Å². The molecule has 0 spiro atoms. The number of hydrogen-bond acceptors (Lipinski definition) is 10. The van der Waals surface area contributed by atoms with Crippen molar-refractivity contribution in [3.05, 3.63) is 51.7 Å². The highest BCUT2D eigenvalue weighted by molar-refractivity contribution is 7.13. The number of nitrogens with zero attached hydrogens (tertiary/aromatic N) is 2. The zero-order chi connectivity index (χ0) is 25.4. The Kier molecular flexibility index (Phi) is 5.13. The van der Waals surface area contributed by atoms with Gasteiger partial charge in [-0.25, -0.2) is 4.98 Å². The summed E-state index contributed by atoms with van der Waals surface area (Å²) >= 11 is 1.38. The van der Waals surface area contributed by atoms with Crippen LogP contribution in [0, 0.1) is 11.8 Å². The summed E-state index contributed by atoms with van der Waals surface area (Å²) in [5.74, 6) is -6.69. The van der Waals surface area contributed by atoms with Crippen LogP contribution in [-0.4, -0.2) is 73.5 Å². The minimum atomic E-state index is -2.65. The summed E-state index contributed by atoms with van der Waals surface area (Å²) in [6.45, 7) is 0. The number of likely N-dealkylation sites (N-methyl/N-ethyl adjacent to an activating group) is 1. The SMILES string of the molecule is CN(C)[C@@H]1C(=O)C(C(N)=O)=C(O)[C@@]2(O)C(=O)C3=C(O)c4c(O)ccc(-c5nccs5)c4CC3CC12. The molecule has 0 bridgehead atoms. The number of amides is 1. The summed E-state index contributed by atoms with van der Waals surface area (Å²) in [6.07, 6.45) is 1.89. The molecule has 35 heavy (non-hydrogen) atoms. The number of hydrogen-bond donors (Lipinski definition) is 5. The largest absolute Gasteiger partial charge is 0.508 e. The van der Waals surface area contributed by atoms with E-state index in [1.807, 2.05) is 0 Å². The lowest BCUT2D eigenvalue weighted by molar-refractivity contribution is -0.153. The van der Waals surface area contributed by atoms with E-state index in [4.69, 9.17) is 5.73 Å². The second kappa shape index (κ2) is 7.74. The number of ketones is 2. The van der Waals surface area contributed by atoms with Gasteiger partial charge in [0.05, 0.1) is 11.6 Å². The van der Waals surface area contributed by atoms with Gasteiger partial charge in [-0.15, -0.1) is 11.3 Å². The highest BCUT2D eigenvalue weighted by Crippen LogP contribution is 2.53. The van der Waals surface area contributed by atoms with Crippen LogP contribution in [0.1, 0.15) is 17.5 Å². The van der Waals surface area contributed by atoms with E-state index in [2.05, 4.69) is 4.98 Å². The van der Waals surface area contributed by atoms with Crippen molar-refractivity contribution >= 4 is 34.6 Å². The summed E-state index contributed by atoms with van der Waals surface area (Å²) in [6, 6.07) is 1.96. The lowest BCUT2D eigenvalue weighted by Gasteiger charge is -2.50. The minimum Gasteiger partial charge on any atom is -0.508 e. The zero-order valence-electron chi connectivity index (χ0n) is 18.8. The van der Waals surface area contributed by atoms with Crippen LogP contribution in [0.5, 0.6) is 5.75 Å². The number of aliphatic hydroxyl groups is 3. The molecule has 1 fully saturated rings. The molecule has 5 rings (SSSR count). The van der Waals surface area contributed by atoms with Crippen molar-refractivity contribution < 1.29 is 34.8 Å². The normalized spacial score (nSPS) is 28.2. The first-order chi connectivity index (χ1) is 16.5. The first-order valence-electron chi connectivity index (χ1n) is 10.9. The molecule has 2 aromatic rings. The van der Waals surface area contributed by atoms with Crippen molar-refractivity contribution in [2.24, 2.45) is 17.6 Å². The number of primary amides is 1. The fourth-order valence-corrected chi connectivity index (χ4v) is 6.49. The second-order valence-electron chi connectivity index (χ2n) is 9.28. The molecule has 3 aliphatic rings. The van der Waals surface area contributed by atoms with E-state index in [-0.39, 0.29) is 29.7 Å². The molecule has 1 saturated carbocycles. The van der Waals surface area contributed by atoms with Gasteiger partial charge in [0.15, 0.2) is 11.4 Å². The van der Waals surface area contributed by atoms with Crippen LogP contribution in [0.2, 0.25) is 0 Å². The van der Waals surface area contributed by atoms with Gasteiger partial charge in [0, 0.05) is 28.6 Å². The fraction of sp³-hybridized carbons (Fsp3) is 0.333. The van der Waals surface area contributed by atoms with Crippen LogP contribution in [0.15, 0.2) is 40.6 Å². The summed E-state index contributed by atoms with van der Waals surface area (Å²) in [7, 11) is 3.12. The number of fused-ring (bicyclic) bond motifs is 3. The van der Waals surface area contributed by atoms with Gasteiger partial charge in [-0.1, -0.05) is 0 Å². The number of aromatic hydroxyl groups is 1. The number of phenolic OH excluding ortho intramolecular Hbond substituents is 1. The van der Waals surface area contributed by atoms with Crippen molar-refractivity contribution in [1.29, 1.82) is 0 Å². The van der Waals surface area contributed by atoms with Gasteiger partial charge in [-0.2, -0.15) is 0 Å². The Bertz CT molecular complexity index is 1360. The van der Waals surface area contributed by atoms with E-state index in [9.17, 15) is 34.8 Å². The van der Waals surface area contributed by atoms with E-state index in [0.717, 1.165) is 0 Å². The van der Waals surface area contributed by atoms with Crippen molar-refractivity contribution in [2.75, 3.05) is 14.1 Å². The average molecular weight is 498 g/mol. The number of Topliss-reactive ketones (excluding diaryl/α,β-unsaturated/α-hetero) is 2. The van der Waals surface area contributed by atoms with Crippen LogP contribution in [-0.2, 0) is 20.8 Å². The predicted octanol–water partition coefficient (Wildman–Crippen LogP) is 1.09.